The van der Waals surface area contributed by atoms with Crippen molar-refractivity contribution in [3.8, 4) is 5.69 Å². The lowest BCUT2D eigenvalue weighted by Gasteiger charge is -2.29. The number of para-hydroxylation sites is 1. The minimum Gasteiger partial charge on any atom is -0.354 e. The Kier molecular flexibility index (Phi) is 5.79. The third-order valence-electron chi connectivity index (χ3n) is 5.74. The van der Waals surface area contributed by atoms with E-state index in [1.165, 1.54) is 15.2 Å². The van der Waals surface area contributed by atoms with E-state index >= 15 is 0 Å². The number of hydrogen-bond acceptors (Lipinski definition) is 5. The topological polar surface area (TPSA) is 106 Å². The molecule has 0 unspecified atom stereocenters. The Labute approximate surface area is 175 Å². The van der Waals surface area contributed by atoms with E-state index in [1.54, 1.807) is 4.57 Å². The maximum absolute atomic E-state index is 12.9. The molecule has 0 spiro atoms. The first-order valence-electron chi connectivity index (χ1n) is 10.3. The second-order valence-electron chi connectivity index (χ2n) is 8.04. The van der Waals surface area contributed by atoms with Gasteiger partial charge in [0.25, 0.3) is 0 Å². The molecule has 1 aliphatic carbocycles. The molecule has 1 saturated heterocycles. The van der Waals surface area contributed by atoms with Gasteiger partial charge in [-0.1, -0.05) is 18.2 Å². The first-order valence-corrected chi connectivity index (χ1v) is 12.2. The summed E-state index contributed by atoms with van der Waals surface area (Å²) in [5.74, 6) is 0.796. The molecule has 1 amide bonds. The van der Waals surface area contributed by atoms with Crippen molar-refractivity contribution in [3.63, 3.8) is 0 Å². The normalized spacial score (nSPS) is 18.4. The zero-order valence-electron chi connectivity index (χ0n) is 17.0. The zero-order chi connectivity index (χ0) is 21.3. The van der Waals surface area contributed by atoms with Gasteiger partial charge in [0.15, 0.2) is 0 Å². The molecule has 0 bridgehead atoms. The first-order chi connectivity index (χ1) is 14.3. The molecule has 162 valence electrons. The van der Waals surface area contributed by atoms with Crippen molar-refractivity contribution in [1.29, 1.82) is 0 Å². The third kappa shape index (κ3) is 4.49. The second kappa shape index (κ2) is 8.35. The molecule has 2 heterocycles. The molecule has 30 heavy (non-hydrogen) atoms. The van der Waals surface area contributed by atoms with Crippen LogP contribution in [0.4, 0.5) is 0 Å². The van der Waals surface area contributed by atoms with Crippen LogP contribution in [-0.4, -0.2) is 58.9 Å². The van der Waals surface area contributed by atoms with E-state index < -0.39 is 10.0 Å². The second-order valence-corrected chi connectivity index (χ2v) is 10.0. The molecule has 1 N–H and O–H groups in total. The average Bonchev–Trinajstić information content (AvgIpc) is 3.52. The molecular weight excluding hydrogens is 406 g/mol. The fourth-order valence-electron chi connectivity index (χ4n) is 3.87. The minimum atomic E-state index is -3.21. The summed E-state index contributed by atoms with van der Waals surface area (Å²) in [6, 6.07) is 9.48. The average molecular weight is 434 g/mol. The van der Waals surface area contributed by atoms with Crippen LogP contribution in [0.15, 0.2) is 35.1 Å². The van der Waals surface area contributed by atoms with Crippen molar-refractivity contribution in [3.05, 3.63) is 46.6 Å². The molecule has 1 aromatic carbocycles. The van der Waals surface area contributed by atoms with Gasteiger partial charge in [-0.3, -0.25) is 4.79 Å². The predicted octanol–water partition coefficient (Wildman–Crippen LogP) is 0.699. The Morgan fingerprint density at radius 2 is 1.80 bits per heavy atom. The summed E-state index contributed by atoms with van der Waals surface area (Å²) in [6.45, 7) is 1.33. The number of hydrogen-bond donors (Lipinski definition) is 1. The number of amides is 1. The molecule has 1 aliphatic heterocycles. The minimum absolute atomic E-state index is 0.0962. The number of carbonyl (C=O) groups is 1. The van der Waals surface area contributed by atoms with Gasteiger partial charge in [-0.15, -0.1) is 0 Å². The molecule has 2 fully saturated rings. The van der Waals surface area contributed by atoms with Crippen LogP contribution in [0.25, 0.3) is 5.69 Å². The highest BCUT2D eigenvalue weighted by molar-refractivity contribution is 7.88. The molecule has 2 aromatic rings. The van der Waals surface area contributed by atoms with Crippen molar-refractivity contribution in [2.45, 2.75) is 38.1 Å². The standard InChI is InChI=1S/C20H27N5O4S/c1-30(28,29)23-12-9-16(10-13-23)19(26)21-11-14-24-20(27)25(17-5-3-2-4-6-17)18(22-24)15-7-8-15/h2-6,15-16H,7-14H2,1H3,(H,21,26). The Hall–Kier alpha value is -2.46. The quantitative estimate of drug-likeness (QED) is 0.692. The lowest BCUT2D eigenvalue weighted by molar-refractivity contribution is -0.126. The van der Waals surface area contributed by atoms with Crippen molar-refractivity contribution in [1.82, 2.24) is 24.0 Å². The lowest BCUT2D eigenvalue weighted by Crippen LogP contribution is -2.43. The van der Waals surface area contributed by atoms with Gasteiger partial charge >= 0.3 is 5.69 Å². The number of aromatic nitrogens is 3. The van der Waals surface area contributed by atoms with Gasteiger partial charge in [0.05, 0.1) is 18.5 Å². The van der Waals surface area contributed by atoms with E-state index in [1.807, 2.05) is 30.3 Å². The fraction of sp³-hybridized carbons (Fsp3) is 0.550. The van der Waals surface area contributed by atoms with Gasteiger partial charge in [-0.2, -0.15) is 5.10 Å². The van der Waals surface area contributed by atoms with Crippen molar-refractivity contribution >= 4 is 15.9 Å². The molecule has 10 heteroatoms. The van der Waals surface area contributed by atoms with E-state index in [0.29, 0.717) is 44.9 Å². The molecule has 2 aliphatic rings. The Morgan fingerprint density at radius 1 is 1.13 bits per heavy atom. The van der Waals surface area contributed by atoms with Crippen molar-refractivity contribution < 1.29 is 13.2 Å². The van der Waals surface area contributed by atoms with Crippen molar-refractivity contribution in [2.24, 2.45) is 5.92 Å². The summed E-state index contributed by atoms with van der Waals surface area (Å²) >= 11 is 0. The molecular formula is C20H27N5O4S. The summed E-state index contributed by atoms with van der Waals surface area (Å²) in [7, 11) is -3.21. The van der Waals surface area contributed by atoms with Gasteiger partial charge in [-0.25, -0.2) is 26.8 Å². The number of piperidine rings is 1. The number of rotatable bonds is 7. The highest BCUT2D eigenvalue weighted by Crippen LogP contribution is 2.39. The van der Waals surface area contributed by atoms with Crippen LogP contribution >= 0.6 is 0 Å². The van der Waals surface area contributed by atoms with Crippen LogP contribution in [0.3, 0.4) is 0 Å². The number of nitrogens with zero attached hydrogens (tertiary/aromatic N) is 4. The summed E-state index contributed by atoms with van der Waals surface area (Å²) in [6.07, 6.45) is 4.27. The van der Waals surface area contributed by atoms with Crippen LogP contribution in [0.2, 0.25) is 0 Å². The largest absolute Gasteiger partial charge is 0.354 e. The van der Waals surface area contributed by atoms with E-state index in [4.69, 9.17) is 0 Å². The van der Waals surface area contributed by atoms with E-state index in [2.05, 4.69) is 10.4 Å². The molecule has 4 rings (SSSR count). The third-order valence-corrected chi connectivity index (χ3v) is 7.04. The smallest absolute Gasteiger partial charge is 0.350 e. The van der Waals surface area contributed by atoms with Gasteiger partial charge in [0.1, 0.15) is 5.82 Å². The number of carbonyl (C=O) groups excluding carboxylic acids is 1. The molecule has 1 aromatic heterocycles. The summed E-state index contributed by atoms with van der Waals surface area (Å²) in [5.41, 5.74) is 0.608. The lowest BCUT2D eigenvalue weighted by atomic mass is 9.97. The van der Waals surface area contributed by atoms with Crippen LogP contribution in [-0.2, 0) is 21.4 Å². The Morgan fingerprint density at radius 3 is 2.40 bits per heavy atom. The summed E-state index contributed by atoms with van der Waals surface area (Å²) in [5, 5.41) is 7.42. The number of nitrogens with one attached hydrogen (secondary N) is 1. The SMILES string of the molecule is CS(=O)(=O)N1CCC(C(=O)NCCn2nc(C3CC3)n(-c3ccccc3)c2=O)CC1. The molecule has 9 nitrogen and oxygen atoms in total. The van der Waals surface area contributed by atoms with Crippen LogP contribution in [0.5, 0.6) is 0 Å². The van der Waals surface area contributed by atoms with E-state index in [9.17, 15) is 18.0 Å². The highest BCUT2D eigenvalue weighted by atomic mass is 32.2. The maximum Gasteiger partial charge on any atom is 0.350 e. The molecule has 1 saturated carbocycles. The van der Waals surface area contributed by atoms with E-state index in [-0.39, 0.29) is 17.5 Å². The van der Waals surface area contributed by atoms with Crippen molar-refractivity contribution in [2.75, 3.05) is 25.9 Å². The highest BCUT2D eigenvalue weighted by Gasteiger charge is 2.32. The van der Waals surface area contributed by atoms with Gasteiger partial charge in [0, 0.05) is 31.5 Å². The fourth-order valence-corrected chi connectivity index (χ4v) is 4.75. The molecule has 0 atom stereocenters. The number of sulfonamides is 1. The predicted molar refractivity (Wildman–Crippen MR) is 112 cm³/mol. The maximum atomic E-state index is 12.9. The summed E-state index contributed by atoms with van der Waals surface area (Å²) in [4.78, 5) is 25.4. The monoisotopic (exact) mass is 433 g/mol. The van der Waals surface area contributed by atoms with Gasteiger partial charge in [0.2, 0.25) is 15.9 Å². The first kappa shape index (κ1) is 20.8. The van der Waals surface area contributed by atoms with Gasteiger partial charge in [-0.05, 0) is 37.8 Å². The molecule has 0 radical (unpaired) electrons. The van der Waals surface area contributed by atoms with Crippen LogP contribution in [0.1, 0.15) is 37.4 Å². The van der Waals surface area contributed by atoms with Gasteiger partial charge < -0.3 is 5.32 Å². The summed E-state index contributed by atoms with van der Waals surface area (Å²) < 4.78 is 27.7. The Balaban J connectivity index is 1.37. The van der Waals surface area contributed by atoms with Crippen LogP contribution in [0, 0.1) is 5.92 Å². The zero-order valence-corrected chi connectivity index (χ0v) is 17.8. The van der Waals surface area contributed by atoms with Crippen LogP contribution < -0.4 is 11.0 Å². The number of benzene rings is 1. The van der Waals surface area contributed by atoms with E-state index in [0.717, 1.165) is 24.4 Å². The Bertz CT molecular complexity index is 1060.